The lowest BCUT2D eigenvalue weighted by Crippen LogP contribution is -2.44. The van der Waals surface area contributed by atoms with Crippen LogP contribution < -0.4 is 4.74 Å². The smallest absolute Gasteiger partial charge is 0.326 e. The predicted molar refractivity (Wildman–Crippen MR) is 101 cm³/mol. The number of hydrogen-bond donors (Lipinski definition) is 1. The van der Waals surface area contributed by atoms with Gasteiger partial charge in [-0.25, -0.2) is 4.79 Å². The Kier molecular flexibility index (Phi) is 5.08. The van der Waals surface area contributed by atoms with Crippen LogP contribution in [0.25, 0.3) is 0 Å². The minimum Gasteiger partial charge on any atom is -0.492 e. The average molecular weight is 372 g/mol. The number of nitrogens with zero attached hydrogens (tertiary/aromatic N) is 2. The molecule has 2 aliphatic heterocycles. The largest absolute Gasteiger partial charge is 0.492 e. The number of carboxylic acids is 1. The zero-order valence-electron chi connectivity index (χ0n) is 15.7. The Hall–Kier alpha value is -2.08. The van der Waals surface area contributed by atoms with Gasteiger partial charge in [0.05, 0.1) is 0 Å². The summed E-state index contributed by atoms with van der Waals surface area (Å²) in [5.41, 5.74) is -0.0234. The Labute approximate surface area is 160 Å². The number of ether oxygens (including phenoxy) is 1. The number of carbonyl (C=O) groups is 2. The monoisotopic (exact) mass is 372 g/mol. The highest BCUT2D eigenvalue weighted by Crippen LogP contribution is 2.45. The fraction of sp³-hybridized carbons (Fsp3) is 0.619. The number of likely N-dealkylation sites (tertiary alicyclic amines) is 2. The van der Waals surface area contributed by atoms with Crippen LogP contribution in [0.4, 0.5) is 0 Å². The molecule has 2 saturated heterocycles. The van der Waals surface area contributed by atoms with Gasteiger partial charge in [0.2, 0.25) is 5.91 Å². The maximum Gasteiger partial charge on any atom is 0.326 e. The van der Waals surface area contributed by atoms with Crippen molar-refractivity contribution in [2.24, 2.45) is 11.3 Å². The standard InChI is InChI=1S/C21H28N2O4/c24-19(16-6-7-16)23-15-21(14-18(23)20(25)26)8-10-22(11-9-21)12-13-27-17-4-2-1-3-5-17/h1-5,16,18H,6-15H2,(H,25,26)/t18-/m0/s1. The van der Waals surface area contributed by atoms with Crippen molar-refractivity contribution in [3.8, 4) is 5.75 Å². The van der Waals surface area contributed by atoms with Gasteiger partial charge in [0.1, 0.15) is 18.4 Å². The number of aliphatic carboxylic acids is 1. The number of rotatable bonds is 6. The maximum atomic E-state index is 12.5. The second-order valence-electron chi connectivity index (χ2n) is 8.30. The van der Waals surface area contributed by atoms with E-state index in [0.29, 0.717) is 19.6 Å². The van der Waals surface area contributed by atoms with Crippen molar-refractivity contribution in [3.63, 3.8) is 0 Å². The minimum atomic E-state index is -0.848. The normalized spacial score (nSPS) is 24.9. The third-order valence-corrected chi connectivity index (χ3v) is 6.34. The van der Waals surface area contributed by atoms with Crippen molar-refractivity contribution in [2.45, 2.75) is 38.1 Å². The molecule has 1 saturated carbocycles. The number of benzene rings is 1. The van der Waals surface area contributed by atoms with E-state index in [9.17, 15) is 14.7 Å². The van der Waals surface area contributed by atoms with E-state index in [1.54, 1.807) is 4.90 Å². The van der Waals surface area contributed by atoms with Crippen molar-refractivity contribution in [1.82, 2.24) is 9.80 Å². The number of carboxylic acid groups (broad SMARTS) is 1. The zero-order chi connectivity index (χ0) is 18.9. The number of amides is 1. The molecule has 27 heavy (non-hydrogen) atoms. The van der Waals surface area contributed by atoms with Crippen LogP contribution in [0, 0.1) is 11.3 Å². The van der Waals surface area contributed by atoms with Crippen molar-refractivity contribution in [1.29, 1.82) is 0 Å². The number of carbonyl (C=O) groups excluding carboxylic acids is 1. The topological polar surface area (TPSA) is 70.1 Å². The molecule has 2 heterocycles. The highest BCUT2D eigenvalue weighted by atomic mass is 16.5. The molecule has 1 N–H and O–H groups in total. The Morgan fingerprint density at radius 2 is 1.85 bits per heavy atom. The van der Waals surface area contributed by atoms with Gasteiger partial charge in [-0.3, -0.25) is 9.69 Å². The lowest BCUT2D eigenvalue weighted by Gasteiger charge is -2.39. The van der Waals surface area contributed by atoms with Crippen molar-refractivity contribution in [3.05, 3.63) is 30.3 Å². The first-order chi connectivity index (χ1) is 13.1. The molecule has 3 aliphatic rings. The number of para-hydroxylation sites is 1. The summed E-state index contributed by atoms with van der Waals surface area (Å²) in [4.78, 5) is 28.3. The molecule has 4 rings (SSSR count). The van der Waals surface area contributed by atoms with Gasteiger partial charge in [-0.05, 0) is 62.7 Å². The summed E-state index contributed by atoms with van der Waals surface area (Å²) in [7, 11) is 0. The maximum absolute atomic E-state index is 12.5. The van der Waals surface area contributed by atoms with Crippen LogP contribution >= 0.6 is 0 Å². The lowest BCUT2D eigenvalue weighted by atomic mass is 9.76. The molecule has 1 aromatic rings. The third kappa shape index (κ3) is 4.10. The molecule has 0 aromatic heterocycles. The first-order valence-electron chi connectivity index (χ1n) is 10.00. The highest BCUT2D eigenvalue weighted by molar-refractivity contribution is 5.87. The van der Waals surface area contributed by atoms with Crippen LogP contribution in [0.2, 0.25) is 0 Å². The molecule has 1 spiro atoms. The van der Waals surface area contributed by atoms with Gasteiger partial charge in [0.15, 0.2) is 0 Å². The van der Waals surface area contributed by atoms with Crippen LogP contribution in [0.5, 0.6) is 5.75 Å². The van der Waals surface area contributed by atoms with Crippen LogP contribution in [0.3, 0.4) is 0 Å². The summed E-state index contributed by atoms with van der Waals surface area (Å²) in [5, 5.41) is 9.60. The Morgan fingerprint density at radius 3 is 2.48 bits per heavy atom. The molecule has 0 unspecified atom stereocenters. The lowest BCUT2D eigenvalue weighted by molar-refractivity contribution is -0.148. The van der Waals surface area contributed by atoms with Crippen LogP contribution in [-0.2, 0) is 9.59 Å². The van der Waals surface area contributed by atoms with Gasteiger partial charge in [0.25, 0.3) is 0 Å². The van der Waals surface area contributed by atoms with E-state index in [-0.39, 0.29) is 17.2 Å². The quantitative estimate of drug-likeness (QED) is 0.829. The fourth-order valence-corrected chi connectivity index (χ4v) is 4.50. The summed E-state index contributed by atoms with van der Waals surface area (Å²) in [6.45, 7) is 4.03. The summed E-state index contributed by atoms with van der Waals surface area (Å²) in [6.07, 6.45) is 4.36. The van der Waals surface area contributed by atoms with Crippen LogP contribution in [0.1, 0.15) is 32.1 Å². The Bertz CT molecular complexity index is 681. The van der Waals surface area contributed by atoms with Gasteiger partial charge in [0, 0.05) is 19.0 Å². The zero-order valence-corrected chi connectivity index (χ0v) is 15.7. The van der Waals surface area contributed by atoms with E-state index in [4.69, 9.17) is 4.74 Å². The van der Waals surface area contributed by atoms with Gasteiger partial charge >= 0.3 is 5.97 Å². The average Bonchev–Trinajstić information content (AvgIpc) is 3.46. The molecular formula is C21H28N2O4. The Balaban J connectivity index is 1.28. The molecule has 1 aliphatic carbocycles. The molecule has 146 valence electrons. The van der Waals surface area contributed by atoms with Gasteiger partial charge in [-0.2, -0.15) is 0 Å². The second-order valence-corrected chi connectivity index (χ2v) is 8.30. The molecule has 6 heteroatoms. The van der Waals surface area contributed by atoms with E-state index < -0.39 is 12.0 Å². The van der Waals surface area contributed by atoms with E-state index in [2.05, 4.69) is 4.90 Å². The number of hydrogen-bond acceptors (Lipinski definition) is 4. The molecule has 0 bridgehead atoms. The molecule has 3 fully saturated rings. The summed E-state index contributed by atoms with van der Waals surface area (Å²) >= 11 is 0. The summed E-state index contributed by atoms with van der Waals surface area (Å²) in [6, 6.07) is 9.19. The third-order valence-electron chi connectivity index (χ3n) is 6.34. The summed E-state index contributed by atoms with van der Waals surface area (Å²) in [5.74, 6) is 0.190. The Morgan fingerprint density at radius 1 is 1.15 bits per heavy atom. The first-order valence-corrected chi connectivity index (χ1v) is 10.00. The molecule has 1 amide bonds. The van der Waals surface area contributed by atoms with Gasteiger partial charge in [-0.1, -0.05) is 18.2 Å². The van der Waals surface area contributed by atoms with Crippen molar-refractivity contribution < 1.29 is 19.4 Å². The highest BCUT2D eigenvalue weighted by Gasteiger charge is 2.51. The predicted octanol–water partition coefficient (Wildman–Crippen LogP) is 2.24. The van der Waals surface area contributed by atoms with Crippen molar-refractivity contribution in [2.75, 3.05) is 32.8 Å². The molecule has 6 nitrogen and oxygen atoms in total. The van der Waals surface area contributed by atoms with Crippen LogP contribution in [0.15, 0.2) is 30.3 Å². The summed E-state index contributed by atoms with van der Waals surface area (Å²) < 4.78 is 5.78. The van der Waals surface area contributed by atoms with E-state index >= 15 is 0 Å². The first kappa shape index (κ1) is 18.3. The molecule has 1 aromatic carbocycles. The minimum absolute atomic E-state index is 0.0234. The molecule has 1 atom stereocenters. The van der Waals surface area contributed by atoms with Gasteiger partial charge in [-0.15, -0.1) is 0 Å². The second kappa shape index (κ2) is 7.50. The number of piperidine rings is 1. The fourth-order valence-electron chi connectivity index (χ4n) is 4.50. The SMILES string of the molecule is O=C(O)[C@@H]1CC2(CCN(CCOc3ccccc3)CC2)CN1C(=O)C1CC1. The van der Waals surface area contributed by atoms with Crippen molar-refractivity contribution >= 4 is 11.9 Å². The van der Waals surface area contributed by atoms with Crippen LogP contribution in [-0.4, -0.2) is 65.6 Å². The van der Waals surface area contributed by atoms with E-state index in [0.717, 1.165) is 51.1 Å². The van der Waals surface area contributed by atoms with E-state index in [1.807, 2.05) is 30.3 Å². The van der Waals surface area contributed by atoms with Gasteiger partial charge < -0.3 is 14.7 Å². The molecular weight excluding hydrogens is 344 g/mol. The molecule has 0 radical (unpaired) electrons. The van der Waals surface area contributed by atoms with E-state index in [1.165, 1.54) is 0 Å².